The molecule has 2 nitrogen and oxygen atoms in total. The van der Waals surface area contributed by atoms with Gasteiger partial charge in [-0.1, -0.05) is 26.8 Å². The van der Waals surface area contributed by atoms with E-state index in [1.807, 2.05) is 6.07 Å². The van der Waals surface area contributed by atoms with E-state index in [4.69, 9.17) is 5.73 Å². The largest absolute Gasteiger partial charge is 0.395 e. The number of para-hydroxylation sites is 1. The van der Waals surface area contributed by atoms with E-state index in [0.29, 0.717) is 5.41 Å². The molecule has 2 N–H and O–H groups in total. The van der Waals surface area contributed by atoms with Gasteiger partial charge >= 0.3 is 0 Å². The van der Waals surface area contributed by atoms with Gasteiger partial charge in [0.1, 0.15) is 5.82 Å². The summed E-state index contributed by atoms with van der Waals surface area (Å²) in [4.78, 5) is 2.21. The average Bonchev–Trinajstić information content (AvgIpc) is 2.32. The fraction of sp³-hybridized carbons (Fsp3) is 0.600. The van der Waals surface area contributed by atoms with Gasteiger partial charge in [0, 0.05) is 13.1 Å². The van der Waals surface area contributed by atoms with Crippen molar-refractivity contribution in [2.75, 3.05) is 23.7 Å². The van der Waals surface area contributed by atoms with Gasteiger partial charge in [-0.25, -0.2) is 4.39 Å². The molecule has 100 valence electrons. The normalized spacial score (nSPS) is 18.1. The van der Waals surface area contributed by atoms with Gasteiger partial charge in [0.05, 0.1) is 11.4 Å². The number of nitrogens with zero attached hydrogens (tertiary/aromatic N) is 1. The summed E-state index contributed by atoms with van der Waals surface area (Å²) in [6, 6.07) is 5.06. The molecule has 1 saturated heterocycles. The van der Waals surface area contributed by atoms with Crippen LogP contribution in [0.2, 0.25) is 0 Å². The highest BCUT2D eigenvalue weighted by atomic mass is 19.1. The van der Waals surface area contributed by atoms with Crippen molar-refractivity contribution in [3.05, 3.63) is 24.0 Å². The molecule has 0 atom stereocenters. The molecule has 0 aliphatic carbocycles. The van der Waals surface area contributed by atoms with Crippen LogP contribution in [0.5, 0.6) is 0 Å². The molecule has 0 radical (unpaired) electrons. The summed E-state index contributed by atoms with van der Waals surface area (Å²) in [6.45, 7) is 8.82. The van der Waals surface area contributed by atoms with Crippen LogP contribution < -0.4 is 10.6 Å². The van der Waals surface area contributed by atoms with E-state index < -0.39 is 0 Å². The molecule has 0 spiro atoms. The minimum absolute atomic E-state index is 0.284. The van der Waals surface area contributed by atoms with Crippen LogP contribution in [0.1, 0.15) is 33.6 Å². The van der Waals surface area contributed by atoms with Crippen LogP contribution in [-0.2, 0) is 0 Å². The molecule has 0 amide bonds. The third-order valence-corrected chi connectivity index (χ3v) is 4.09. The molecule has 0 saturated carbocycles. The quantitative estimate of drug-likeness (QED) is 0.771. The molecule has 2 rings (SSSR count). The van der Waals surface area contributed by atoms with Crippen molar-refractivity contribution in [3.63, 3.8) is 0 Å². The highest BCUT2D eigenvalue weighted by Gasteiger charge is 2.29. The third-order valence-electron chi connectivity index (χ3n) is 4.09. The second-order valence-electron chi connectivity index (χ2n) is 6.30. The predicted octanol–water partition coefficient (Wildman–Crippen LogP) is 3.67. The minimum Gasteiger partial charge on any atom is -0.395 e. The summed E-state index contributed by atoms with van der Waals surface area (Å²) in [5.74, 6) is 0.425. The van der Waals surface area contributed by atoms with Crippen LogP contribution in [0.3, 0.4) is 0 Å². The molecule has 1 fully saturated rings. The van der Waals surface area contributed by atoms with E-state index in [1.54, 1.807) is 6.07 Å². The van der Waals surface area contributed by atoms with Gasteiger partial charge in [0.2, 0.25) is 0 Å². The first kappa shape index (κ1) is 13.2. The van der Waals surface area contributed by atoms with Gasteiger partial charge in [-0.15, -0.1) is 0 Å². The van der Waals surface area contributed by atoms with E-state index in [9.17, 15) is 4.39 Å². The number of benzene rings is 1. The lowest BCUT2D eigenvalue weighted by molar-refractivity contribution is 0.199. The maximum Gasteiger partial charge on any atom is 0.148 e. The lowest BCUT2D eigenvalue weighted by Gasteiger charge is -2.40. The van der Waals surface area contributed by atoms with E-state index in [-0.39, 0.29) is 11.5 Å². The second-order valence-corrected chi connectivity index (χ2v) is 6.30. The first-order valence-corrected chi connectivity index (χ1v) is 6.68. The van der Waals surface area contributed by atoms with Crippen molar-refractivity contribution in [2.45, 2.75) is 33.6 Å². The Labute approximate surface area is 109 Å². The Kier molecular flexibility index (Phi) is 3.51. The number of anilines is 2. The SMILES string of the molecule is CC(C)(C)C1CCN(c2cccc(F)c2N)CC1. The number of piperidine rings is 1. The molecule has 0 aromatic heterocycles. The molecule has 1 aromatic carbocycles. The fourth-order valence-corrected chi connectivity index (χ4v) is 2.79. The summed E-state index contributed by atoms with van der Waals surface area (Å²) >= 11 is 0. The highest BCUT2D eigenvalue weighted by Crippen LogP contribution is 2.36. The molecule has 0 unspecified atom stereocenters. The van der Waals surface area contributed by atoms with E-state index >= 15 is 0 Å². The van der Waals surface area contributed by atoms with Crippen LogP contribution >= 0.6 is 0 Å². The molecule has 0 bridgehead atoms. The average molecular weight is 250 g/mol. The third kappa shape index (κ3) is 2.60. The van der Waals surface area contributed by atoms with Gasteiger partial charge in [-0.3, -0.25) is 0 Å². The number of halogens is 1. The Morgan fingerprint density at radius 3 is 2.39 bits per heavy atom. The van der Waals surface area contributed by atoms with Crippen molar-refractivity contribution >= 4 is 11.4 Å². The zero-order chi connectivity index (χ0) is 13.3. The molecule has 1 aliphatic rings. The highest BCUT2D eigenvalue weighted by molar-refractivity contribution is 5.68. The zero-order valence-corrected chi connectivity index (χ0v) is 11.5. The van der Waals surface area contributed by atoms with Crippen molar-refractivity contribution in [3.8, 4) is 0 Å². The zero-order valence-electron chi connectivity index (χ0n) is 11.5. The monoisotopic (exact) mass is 250 g/mol. The van der Waals surface area contributed by atoms with E-state index in [2.05, 4.69) is 25.7 Å². The first-order valence-electron chi connectivity index (χ1n) is 6.68. The second kappa shape index (κ2) is 4.79. The van der Waals surface area contributed by atoms with Crippen LogP contribution in [0.25, 0.3) is 0 Å². The van der Waals surface area contributed by atoms with Crippen molar-refractivity contribution in [2.24, 2.45) is 11.3 Å². The number of nitrogens with two attached hydrogens (primary N) is 1. The molecule has 1 aliphatic heterocycles. The number of rotatable bonds is 1. The molecule has 1 aromatic rings. The maximum absolute atomic E-state index is 13.4. The molecular weight excluding hydrogens is 227 g/mol. The molecule has 3 heteroatoms. The molecule has 18 heavy (non-hydrogen) atoms. The Morgan fingerprint density at radius 1 is 1.22 bits per heavy atom. The standard InChI is InChI=1S/C15H23FN2/c1-15(2,3)11-7-9-18(10-8-11)13-6-4-5-12(16)14(13)17/h4-6,11H,7-10,17H2,1-3H3. The lowest BCUT2D eigenvalue weighted by atomic mass is 9.75. The number of hydrogen-bond donors (Lipinski definition) is 1. The van der Waals surface area contributed by atoms with Crippen LogP contribution in [0.4, 0.5) is 15.8 Å². The Balaban J connectivity index is 2.08. The van der Waals surface area contributed by atoms with Gasteiger partial charge in [0.15, 0.2) is 0 Å². The predicted molar refractivity (Wildman–Crippen MR) is 75.2 cm³/mol. The van der Waals surface area contributed by atoms with Crippen molar-refractivity contribution in [1.29, 1.82) is 0 Å². The first-order chi connectivity index (χ1) is 8.39. The molecular formula is C15H23FN2. The summed E-state index contributed by atoms with van der Waals surface area (Å²) in [5, 5.41) is 0. The summed E-state index contributed by atoms with van der Waals surface area (Å²) in [6.07, 6.45) is 2.30. The van der Waals surface area contributed by atoms with Crippen LogP contribution in [0.15, 0.2) is 18.2 Å². The number of nitrogen functional groups attached to an aromatic ring is 1. The fourth-order valence-electron chi connectivity index (χ4n) is 2.79. The summed E-state index contributed by atoms with van der Waals surface area (Å²) in [7, 11) is 0. The number of hydrogen-bond acceptors (Lipinski definition) is 2. The van der Waals surface area contributed by atoms with Gasteiger partial charge in [-0.05, 0) is 36.3 Å². The van der Waals surface area contributed by atoms with Crippen molar-refractivity contribution in [1.82, 2.24) is 0 Å². The maximum atomic E-state index is 13.4. The van der Waals surface area contributed by atoms with Gasteiger partial charge < -0.3 is 10.6 Å². The summed E-state index contributed by atoms with van der Waals surface area (Å²) < 4.78 is 13.4. The van der Waals surface area contributed by atoms with E-state index in [1.165, 1.54) is 6.07 Å². The Bertz CT molecular complexity index is 415. The van der Waals surface area contributed by atoms with Crippen LogP contribution in [0, 0.1) is 17.2 Å². The van der Waals surface area contributed by atoms with E-state index in [0.717, 1.165) is 37.5 Å². The van der Waals surface area contributed by atoms with Gasteiger partial charge in [0.25, 0.3) is 0 Å². The van der Waals surface area contributed by atoms with Crippen LogP contribution in [-0.4, -0.2) is 13.1 Å². The summed E-state index contributed by atoms with van der Waals surface area (Å²) in [5.41, 5.74) is 7.31. The Hall–Kier alpha value is -1.25. The smallest absolute Gasteiger partial charge is 0.148 e. The minimum atomic E-state index is -0.314. The van der Waals surface area contributed by atoms with Crippen molar-refractivity contribution < 1.29 is 4.39 Å². The molecule has 1 heterocycles. The lowest BCUT2D eigenvalue weighted by Crippen LogP contribution is -2.38. The van der Waals surface area contributed by atoms with Gasteiger partial charge in [-0.2, -0.15) is 0 Å². The Morgan fingerprint density at radius 2 is 1.83 bits per heavy atom. The topological polar surface area (TPSA) is 29.3 Å².